The van der Waals surface area contributed by atoms with E-state index in [-0.39, 0.29) is 5.41 Å². The number of nitrogens with zero attached hydrogens (tertiary/aromatic N) is 1. The van der Waals surface area contributed by atoms with E-state index in [0.717, 1.165) is 38.8 Å². The van der Waals surface area contributed by atoms with Crippen LogP contribution in [0.1, 0.15) is 52.9 Å². The summed E-state index contributed by atoms with van der Waals surface area (Å²) in [4.78, 5) is 4.75. The molecule has 0 bridgehead atoms. The fourth-order valence-electron chi connectivity index (χ4n) is 3.21. The van der Waals surface area contributed by atoms with Crippen LogP contribution in [-0.2, 0) is 4.74 Å². The van der Waals surface area contributed by atoms with Crippen LogP contribution in [0.25, 0.3) is 0 Å². The van der Waals surface area contributed by atoms with Crippen molar-refractivity contribution in [2.75, 3.05) is 32.8 Å². The number of hydrogen-bond acceptors (Lipinski definition) is 2. The highest BCUT2D eigenvalue weighted by Crippen LogP contribution is 2.40. The second kappa shape index (κ2) is 6.79. The highest BCUT2D eigenvalue weighted by molar-refractivity contribution is 5.79. The summed E-state index contributed by atoms with van der Waals surface area (Å²) in [5, 5.41) is 6.94. The average Bonchev–Trinajstić information content (AvgIpc) is 2.89. The van der Waals surface area contributed by atoms with Gasteiger partial charge in [0.05, 0.1) is 19.8 Å². The Morgan fingerprint density at radius 1 is 1.15 bits per heavy atom. The maximum atomic E-state index is 5.29. The molecule has 1 saturated heterocycles. The number of nitrogens with one attached hydrogen (secondary N) is 2. The van der Waals surface area contributed by atoms with Gasteiger partial charge in [0, 0.05) is 18.5 Å². The van der Waals surface area contributed by atoms with Crippen LogP contribution in [0.4, 0.5) is 0 Å². The summed E-state index contributed by atoms with van der Waals surface area (Å²) in [6.07, 6.45) is 6.77. The molecule has 0 atom stereocenters. The van der Waals surface area contributed by atoms with Gasteiger partial charge >= 0.3 is 0 Å². The maximum Gasteiger partial charge on any atom is 0.191 e. The first-order chi connectivity index (χ1) is 9.61. The molecular weight excluding hydrogens is 250 g/mol. The third-order valence-corrected chi connectivity index (χ3v) is 4.91. The van der Waals surface area contributed by atoms with Crippen molar-refractivity contribution in [3.63, 3.8) is 0 Å². The van der Waals surface area contributed by atoms with Crippen LogP contribution in [0, 0.1) is 10.8 Å². The first-order valence-electron chi connectivity index (χ1n) is 8.21. The van der Waals surface area contributed by atoms with E-state index in [1.54, 1.807) is 0 Å². The summed E-state index contributed by atoms with van der Waals surface area (Å²) >= 11 is 0. The second-order valence-corrected chi connectivity index (χ2v) is 6.91. The summed E-state index contributed by atoms with van der Waals surface area (Å²) in [5.41, 5.74) is 0.748. The fraction of sp³-hybridized carbons (Fsp3) is 0.938. The van der Waals surface area contributed by atoms with Crippen molar-refractivity contribution in [2.24, 2.45) is 15.8 Å². The lowest BCUT2D eigenvalue weighted by atomic mass is 9.83. The summed E-state index contributed by atoms with van der Waals surface area (Å²) in [7, 11) is 0. The monoisotopic (exact) mass is 281 g/mol. The van der Waals surface area contributed by atoms with Gasteiger partial charge in [-0.1, -0.05) is 26.7 Å². The smallest absolute Gasteiger partial charge is 0.191 e. The molecule has 0 aromatic carbocycles. The standard InChI is InChI=1S/C16H31N3O/c1-4-16(8-6-7-9-16)11-19-14(17-5-2)18-10-15(3)12-20-13-15/h4-13H2,1-3H3,(H2,17,18,19). The van der Waals surface area contributed by atoms with Crippen LogP contribution >= 0.6 is 0 Å². The molecule has 2 N–H and O–H groups in total. The molecule has 0 aromatic rings. The zero-order valence-electron chi connectivity index (χ0n) is 13.4. The Balaban J connectivity index is 1.86. The molecule has 0 amide bonds. The van der Waals surface area contributed by atoms with Gasteiger partial charge in [-0.05, 0) is 31.6 Å². The molecule has 0 radical (unpaired) electrons. The van der Waals surface area contributed by atoms with E-state index in [1.807, 2.05) is 0 Å². The van der Waals surface area contributed by atoms with Gasteiger partial charge in [0.15, 0.2) is 5.96 Å². The Bertz CT molecular complexity index is 331. The summed E-state index contributed by atoms with van der Waals surface area (Å²) < 4.78 is 5.29. The van der Waals surface area contributed by atoms with Crippen molar-refractivity contribution in [1.29, 1.82) is 0 Å². The quantitative estimate of drug-likeness (QED) is 0.581. The van der Waals surface area contributed by atoms with Gasteiger partial charge in [-0.25, -0.2) is 0 Å². The van der Waals surface area contributed by atoms with Crippen LogP contribution < -0.4 is 10.6 Å². The van der Waals surface area contributed by atoms with Crippen LogP contribution in [0.3, 0.4) is 0 Å². The predicted molar refractivity (Wildman–Crippen MR) is 84.1 cm³/mol. The number of rotatable bonds is 6. The van der Waals surface area contributed by atoms with Crippen molar-refractivity contribution < 1.29 is 4.74 Å². The lowest BCUT2D eigenvalue weighted by Crippen LogP contribution is -2.46. The van der Waals surface area contributed by atoms with E-state index in [0.29, 0.717) is 5.41 Å². The minimum absolute atomic E-state index is 0.248. The lowest BCUT2D eigenvalue weighted by Gasteiger charge is -2.36. The number of ether oxygens (including phenoxy) is 1. The summed E-state index contributed by atoms with van der Waals surface area (Å²) in [6.45, 7) is 11.2. The molecule has 0 aromatic heterocycles. The molecule has 0 unspecified atom stereocenters. The van der Waals surface area contributed by atoms with Crippen molar-refractivity contribution in [3.05, 3.63) is 0 Å². The second-order valence-electron chi connectivity index (χ2n) is 6.91. The van der Waals surface area contributed by atoms with E-state index in [2.05, 4.69) is 31.4 Å². The Labute approximate surface area is 123 Å². The van der Waals surface area contributed by atoms with Crippen LogP contribution in [0.15, 0.2) is 4.99 Å². The molecule has 2 fully saturated rings. The molecular formula is C16H31N3O. The molecule has 0 spiro atoms. The molecule has 20 heavy (non-hydrogen) atoms. The largest absolute Gasteiger partial charge is 0.380 e. The van der Waals surface area contributed by atoms with Crippen LogP contribution in [0.5, 0.6) is 0 Å². The molecule has 116 valence electrons. The molecule has 1 saturated carbocycles. The zero-order valence-corrected chi connectivity index (χ0v) is 13.4. The van der Waals surface area contributed by atoms with Crippen LogP contribution in [-0.4, -0.2) is 38.8 Å². The maximum absolute atomic E-state index is 5.29. The molecule has 4 nitrogen and oxygen atoms in total. The molecule has 1 aliphatic heterocycles. The van der Waals surface area contributed by atoms with Crippen molar-refractivity contribution >= 4 is 5.96 Å². The van der Waals surface area contributed by atoms with E-state index < -0.39 is 0 Å². The molecule has 1 aliphatic carbocycles. The number of hydrogen-bond donors (Lipinski definition) is 2. The van der Waals surface area contributed by atoms with Gasteiger partial charge in [-0.15, -0.1) is 0 Å². The number of guanidine groups is 1. The Hall–Kier alpha value is -0.770. The lowest BCUT2D eigenvalue weighted by molar-refractivity contribution is -0.0945. The third-order valence-electron chi connectivity index (χ3n) is 4.91. The van der Waals surface area contributed by atoms with E-state index in [9.17, 15) is 0 Å². The highest BCUT2D eigenvalue weighted by atomic mass is 16.5. The van der Waals surface area contributed by atoms with E-state index in [4.69, 9.17) is 9.73 Å². The Morgan fingerprint density at radius 3 is 2.35 bits per heavy atom. The molecule has 2 rings (SSSR count). The topological polar surface area (TPSA) is 45.7 Å². The Kier molecular flexibility index (Phi) is 5.30. The number of aliphatic imine (C=N–C) groups is 1. The van der Waals surface area contributed by atoms with Crippen molar-refractivity contribution in [2.45, 2.75) is 52.9 Å². The average molecular weight is 281 g/mol. The van der Waals surface area contributed by atoms with Gasteiger partial charge in [0.25, 0.3) is 0 Å². The minimum atomic E-state index is 0.248. The first-order valence-corrected chi connectivity index (χ1v) is 8.21. The Morgan fingerprint density at radius 2 is 1.85 bits per heavy atom. The van der Waals surface area contributed by atoms with E-state index in [1.165, 1.54) is 32.1 Å². The summed E-state index contributed by atoms with van der Waals surface area (Å²) in [5.74, 6) is 0.973. The predicted octanol–water partition coefficient (Wildman–Crippen LogP) is 2.55. The van der Waals surface area contributed by atoms with Gasteiger partial charge in [-0.2, -0.15) is 0 Å². The molecule has 1 heterocycles. The van der Waals surface area contributed by atoms with Gasteiger partial charge < -0.3 is 15.4 Å². The molecule has 2 aliphatic rings. The van der Waals surface area contributed by atoms with Crippen molar-refractivity contribution in [3.8, 4) is 0 Å². The third kappa shape index (κ3) is 3.87. The van der Waals surface area contributed by atoms with Gasteiger partial charge in [0.2, 0.25) is 0 Å². The van der Waals surface area contributed by atoms with Crippen LogP contribution in [0.2, 0.25) is 0 Å². The van der Waals surface area contributed by atoms with Gasteiger partial charge in [-0.3, -0.25) is 4.99 Å². The normalized spacial score (nSPS) is 24.2. The first kappa shape index (κ1) is 15.6. The van der Waals surface area contributed by atoms with Crippen molar-refractivity contribution in [1.82, 2.24) is 10.6 Å². The fourth-order valence-corrected chi connectivity index (χ4v) is 3.21. The molecule has 4 heteroatoms. The SMILES string of the molecule is CCNC(=NCC1(C)COC1)NCC1(CC)CCCC1. The summed E-state index contributed by atoms with van der Waals surface area (Å²) in [6, 6.07) is 0. The minimum Gasteiger partial charge on any atom is -0.380 e. The van der Waals surface area contributed by atoms with E-state index >= 15 is 0 Å². The van der Waals surface area contributed by atoms with Gasteiger partial charge in [0.1, 0.15) is 0 Å². The highest BCUT2D eigenvalue weighted by Gasteiger charge is 2.34. The zero-order chi connectivity index (χ0) is 14.5.